The number of nitrogens with zero attached hydrogens (tertiary/aromatic N) is 2. The van der Waals surface area contributed by atoms with Crippen molar-refractivity contribution in [2.24, 2.45) is 5.73 Å². The number of hydrogen-bond acceptors (Lipinski definition) is 6. The van der Waals surface area contributed by atoms with Crippen molar-refractivity contribution in [3.8, 4) is 5.69 Å². The second-order valence-electron chi connectivity index (χ2n) is 6.73. The lowest BCUT2D eigenvalue weighted by Gasteiger charge is -2.16. The number of nitrogens with two attached hydrogens (primary N) is 1. The van der Waals surface area contributed by atoms with E-state index in [4.69, 9.17) is 20.3 Å². The predicted octanol–water partition coefficient (Wildman–Crippen LogP) is 1.33. The molecule has 0 aliphatic carbocycles. The number of amidine groups is 1. The number of esters is 1. The molecule has 10 nitrogen and oxygen atoms in total. The Morgan fingerprint density at radius 2 is 1.97 bits per heavy atom. The van der Waals surface area contributed by atoms with Crippen LogP contribution in [0.1, 0.15) is 30.5 Å². The second kappa shape index (κ2) is 9.61. The third kappa shape index (κ3) is 5.30. The summed E-state index contributed by atoms with van der Waals surface area (Å²) in [7, 11) is 0. The van der Waals surface area contributed by atoms with Crippen molar-refractivity contribution < 1.29 is 18.7 Å². The summed E-state index contributed by atoms with van der Waals surface area (Å²) >= 11 is 0. The molecule has 0 saturated carbocycles. The molecule has 3 rings (SSSR count). The first-order valence-corrected chi connectivity index (χ1v) is 9.58. The standard InChI is InChI=1S/C21H23N5O5/c1-2-31-19(28)11-17(15-7-10-30-13-15)24-18(27)12-25-8-9-26(21(25)29)16-5-3-14(4-6-16)20(22)23/h3-10,13,17H,2,11-12H2,1H3,(H3,22,23)(H,24,27). The lowest BCUT2D eigenvalue weighted by atomic mass is 10.1. The van der Waals surface area contributed by atoms with E-state index in [-0.39, 0.29) is 25.4 Å². The van der Waals surface area contributed by atoms with Crippen LogP contribution < -0.4 is 16.7 Å². The monoisotopic (exact) mass is 425 g/mol. The maximum absolute atomic E-state index is 12.7. The van der Waals surface area contributed by atoms with Gasteiger partial charge >= 0.3 is 11.7 Å². The number of nitrogens with one attached hydrogen (secondary N) is 2. The molecule has 0 radical (unpaired) electrons. The van der Waals surface area contributed by atoms with Crippen molar-refractivity contribution in [2.45, 2.75) is 25.9 Å². The average Bonchev–Trinajstić information content (AvgIpc) is 3.39. The molecule has 31 heavy (non-hydrogen) atoms. The lowest BCUT2D eigenvalue weighted by Crippen LogP contribution is -2.35. The number of hydrogen-bond donors (Lipinski definition) is 3. The van der Waals surface area contributed by atoms with Crippen molar-refractivity contribution >= 4 is 17.7 Å². The van der Waals surface area contributed by atoms with E-state index in [1.165, 1.54) is 27.9 Å². The minimum absolute atomic E-state index is 0.0580. The van der Waals surface area contributed by atoms with Crippen molar-refractivity contribution in [1.82, 2.24) is 14.5 Å². The van der Waals surface area contributed by atoms with Gasteiger partial charge in [0.25, 0.3) is 0 Å². The smallest absolute Gasteiger partial charge is 0.333 e. The molecule has 0 fully saturated rings. The SMILES string of the molecule is CCOC(=O)CC(NC(=O)Cn1ccn(-c2ccc(C(=N)N)cc2)c1=O)c1ccoc1. The number of ether oxygens (including phenoxy) is 1. The van der Waals surface area contributed by atoms with E-state index in [1.807, 2.05) is 0 Å². The van der Waals surface area contributed by atoms with Gasteiger partial charge in [-0.05, 0) is 37.3 Å². The number of carbonyl (C=O) groups is 2. The Morgan fingerprint density at radius 3 is 2.58 bits per heavy atom. The van der Waals surface area contributed by atoms with Gasteiger partial charge in [-0.3, -0.25) is 24.1 Å². The highest BCUT2D eigenvalue weighted by Crippen LogP contribution is 2.18. The molecule has 2 aromatic heterocycles. The topological polar surface area (TPSA) is 145 Å². The van der Waals surface area contributed by atoms with Crippen LogP contribution in [0, 0.1) is 5.41 Å². The molecule has 0 aliphatic rings. The van der Waals surface area contributed by atoms with Crippen LogP contribution in [0.5, 0.6) is 0 Å². The van der Waals surface area contributed by atoms with Crippen LogP contribution in [-0.4, -0.2) is 33.5 Å². The average molecular weight is 425 g/mol. The van der Waals surface area contributed by atoms with Crippen LogP contribution in [0.4, 0.5) is 0 Å². The normalized spacial score (nSPS) is 11.6. The highest BCUT2D eigenvalue weighted by molar-refractivity contribution is 5.95. The maximum atomic E-state index is 12.7. The van der Waals surface area contributed by atoms with E-state index in [0.29, 0.717) is 16.8 Å². The van der Waals surface area contributed by atoms with E-state index in [9.17, 15) is 14.4 Å². The Balaban J connectivity index is 1.71. The fourth-order valence-electron chi connectivity index (χ4n) is 3.04. The summed E-state index contributed by atoms with van der Waals surface area (Å²) in [5.74, 6) is -0.961. The number of nitrogen functional groups attached to an aromatic ring is 1. The second-order valence-corrected chi connectivity index (χ2v) is 6.73. The van der Waals surface area contributed by atoms with Gasteiger partial charge in [-0.15, -0.1) is 0 Å². The van der Waals surface area contributed by atoms with Gasteiger partial charge in [-0.25, -0.2) is 4.79 Å². The predicted molar refractivity (Wildman–Crippen MR) is 112 cm³/mol. The van der Waals surface area contributed by atoms with Gasteiger partial charge in [0.1, 0.15) is 12.4 Å². The Hall–Kier alpha value is -4.08. The Kier molecular flexibility index (Phi) is 6.71. The molecule has 162 valence electrons. The van der Waals surface area contributed by atoms with Crippen LogP contribution in [0.2, 0.25) is 0 Å². The third-order valence-corrected chi connectivity index (χ3v) is 4.57. The van der Waals surface area contributed by atoms with Crippen LogP contribution >= 0.6 is 0 Å². The molecule has 0 spiro atoms. The summed E-state index contributed by atoms with van der Waals surface area (Å²) in [5, 5.41) is 10.2. The third-order valence-electron chi connectivity index (χ3n) is 4.57. The Morgan fingerprint density at radius 1 is 1.23 bits per heavy atom. The summed E-state index contributed by atoms with van der Waals surface area (Å²) in [6.45, 7) is 1.71. The first-order valence-electron chi connectivity index (χ1n) is 9.58. The molecule has 2 heterocycles. The molecule has 4 N–H and O–H groups in total. The number of carbonyl (C=O) groups excluding carboxylic acids is 2. The molecule has 0 saturated heterocycles. The van der Waals surface area contributed by atoms with Gasteiger partial charge in [0, 0.05) is 23.5 Å². The molecule has 3 aromatic rings. The van der Waals surface area contributed by atoms with Gasteiger partial charge in [0.15, 0.2) is 0 Å². The first kappa shape index (κ1) is 21.6. The van der Waals surface area contributed by atoms with Gasteiger partial charge in [0.05, 0.1) is 37.3 Å². The van der Waals surface area contributed by atoms with Crippen molar-refractivity contribution in [3.05, 3.63) is 76.9 Å². The molecule has 0 aliphatic heterocycles. The zero-order chi connectivity index (χ0) is 22.4. The highest BCUT2D eigenvalue weighted by Gasteiger charge is 2.21. The minimum atomic E-state index is -0.637. The summed E-state index contributed by atoms with van der Waals surface area (Å²) < 4.78 is 12.6. The van der Waals surface area contributed by atoms with Crippen molar-refractivity contribution in [1.29, 1.82) is 5.41 Å². The minimum Gasteiger partial charge on any atom is -0.472 e. The summed E-state index contributed by atoms with van der Waals surface area (Å²) in [5.41, 5.74) is 6.78. The van der Waals surface area contributed by atoms with Crippen molar-refractivity contribution in [3.63, 3.8) is 0 Å². The number of rotatable bonds is 9. The van der Waals surface area contributed by atoms with E-state index in [2.05, 4.69) is 5.32 Å². The quantitative estimate of drug-likeness (QED) is 0.268. The van der Waals surface area contributed by atoms with E-state index >= 15 is 0 Å². The van der Waals surface area contributed by atoms with Crippen LogP contribution in [-0.2, 0) is 20.9 Å². The molecular formula is C21H23N5O5. The number of imidazole rings is 1. The molecule has 1 atom stereocenters. The zero-order valence-corrected chi connectivity index (χ0v) is 16.9. The molecule has 10 heteroatoms. The zero-order valence-electron chi connectivity index (χ0n) is 16.9. The fourth-order valence-corrected chi connectivity index (χ4v) is 3.04. The van der Waals surface area contributed by atoms with Crippen LogP contribution in [0.25, 0.3) is 5.69 Å². The molecule has 0 bridgehead atoms. The summed E-state index contributed by atoms with van der Waals surface area (Å²) in [6.07, 6.45) is 5.88. The van der Waals surface area contributed by atoms with E-state index < -0.39 is 23.6 Å². The number of benzene rings is 1. The van der Waals surface area contributed by atoms with Gasteiger partial charge in [0.2, 0.25) is 5.91 Å². The molecule has 1 unspecified atom stereocenters. The first-order chi connectivity index (χ1) is 14.9. The largest absolute Gasteiger partial charge is 0.472 e. The number of furan rings is 1. The Bertz CT molecular complexity index is 1110. The van der Waals surface area contributed by atoms with E-state index in [1.54, 1.807) is 43.5 Å². The van der Waals surface area contributed by atoms with Gasteiger partial charge < -0.3 is 20.2 Å². The number of aromatic nitrogens is 2. The fraction of sp³-hybridized carbons (Fsp3) is 0.238. The van der Waals surface area contributed by atoms with Crippen LogP contribution in [0.3, 0.4) is 0 Å². The number of amides is 1. The van der Waals surface area contributed by atoms with E-state index in [0.717, 1.165) is 0 Å². The lowest BCUT2D eigenvalue weighted by molar-refractivity contribution is -0.143. The van der Waals surface area contributed by atoms with Gasteiger partial charge in [-0.1, -0.05) is 0 Å². The highest BCUT2D eigenvalue weighted by atomic mass is 16.5. The summed E-state index contributed by atoms with van der Waals surface area (Å²) in [6, 6.07) is 7.62. The Labute approximate surface area is 177 Å². The van der Waals surface area contributed by atoms with Crippen LogP contribution in [0.15, 0.2) is 64.5 Å². The van der Waals surface area contributed by atoms with Gasteiger partial charge in [-0.2, -0.15) is 0 Å². The molecular weight excluding hydrogens is 402 g/mol. The van der Waals surface area contributed by atoms with Crippen molar-refractivity contribution in [2.75, 3.05) is 6.61 Å². The molecule has 1 aromatic carbocycles. The molecule has 1 amide bonds. The summed E-state index contributed by atoms with van der Waals surface area (Å²) in [4.78, 5) is 37.2. The maximum Gasteiger partial charge on any atom is 0.333 e.